The van der Waals surface area contributed by atoms with E-state index < -0.39 is 0 Å². The highest BCUT2D eigenvalue weighted by Crippen LogP contribution is 2.22. The molecule has 0 bridgehead atoms. The van der Waals surface area contributed by atoms with Crippen molar-refractivity contribution in [3.05, 3.63) is 51.2 Å². The fourth-order valence-electron chi connectivity index (χ4n) is 1.74. The van der Waals surface area contributed by atoms with Crippen LogP contribution in [0.3, 0.4) is 0 Å². The van der Waals surface area contributed by atoms with Gasteiger partial charge in [-0.1, -0.05) is 5.92 Å². The van der Waals surface area contributed by atoms with Crippen LogP contribution in [0.1, 0.15) is 0 Å². The Hall–Kier alpha value is -1.99. The molecular formula is C15H12BrNO2. The third-order valence-electron chi connectivity index (χ3n) is 2.73. The monoisotopic (exact) mass is 317 g/mol. The quantitative estimate of drug-likeness (QED) is 0.815. The highest BCUT2D eigenvalue weighted by atomic mass is 79.9. The van der Waals surface area contributed by atoms with E-state index in [1.807, 2.05) is 30.3 Å². The second kappa shape index (κ2) is 5.77. The van der Waals surface area contributed by atoms with E-state index in [4.69, 9.17) is 11.2 Å². The van der Waals surface area contributed by atoms with Crippen LogP contribution in [0, 0.1) is 12.3 Å². The maximum Gasteiger partial charge on any atom is 0.265 e. The van der Waals surface area contributed by atoms with Gasteiger partial charge in [-0.05, 0) is 57.9 Å². The number of nitrogens with zero attached hydrogens (tertiary/aromatic N) is 1. The van der Waals surface area contributed by atoms with E-state index in [1.54, 1.807) is 17.7 Å². The predicted octanol–water partition coefficient (Wildman–Crippen LogP) is 2.83. The molecule has 0 aliphatic carbocycles. The summed E-state index contributed by atoms with van der Waals surface area (Å²) >= 11 is 3.22. The van der Waals surface area contributed by atoms with Crippen molar-refractivity contribution in [3.8, 4) is 29.4 Å². The summed E-state index contributed by atoms with van der Waals surface area (Å²) in [6.45, 7) is 0.246. The Labute approximate surface area is 120 Å². The number of pyridine rings is 1. The van der Waals surface area contributed by atoms with Crippen molar-refractivity contribution in [2.45, 2.75) is 0 Å². The summed E-state index contributed by atoms with van der Waals surface area (Å²) in [7, 11) is 1.74. The minimum Gasteiger partial charge on any atom is -0.481 e. The Morgan fingerprint density at radius 2 is 1.95 bits per heavy atom. The molecule has 3 nitrogen and oxygen atoms in total. The summed E-state index contributed by atoms with van der Waals surface area (Å²) in [5, 5.41) is 0. The maximum absolute atomic E-state index is 11.8. The van der Waals surface area contributed by atoms with Crippen molar-refractivity contribution in [2.24, 2.45) is 7.05 Å². The van der Waals surface area contributed by atoms with Crippen LogP contribution in [0.15, 0.2) is 45.7 Å². The van der Waals surface area contributed by atoms with Gasteiger partial charge in [-0.15, -0.1) is 6.42 Å². The molecule has 1 aromatic carbocycles. The predicted molar refractivity (Wildman–Crippen MR) is 79.1 cm³/mol. The van der Waals surface area contributed by atoms with E-state index in [0.29, 0.717) is 10.2 Å². The van der Waals surface area contributed by atoms with E-state index in [-0.39, 0.29) is 12.2 Å². The number of rotatable bonds is 3. The van der Waals surface area contributed by atoms with Crippen molar-refractivity contribution in [3.63, 3.8) is 0 Å². The van der Waals surface area contributed by atoms with Gasteiger partial charge in [0, 0.05) is 7.05 Å². The van der Waals surface area contributed by atoms with Gasteiger partial charge in [-0.3, -0.25) is 4.79 Å². The van der Waals surface area contributed by atoms with Crippen LogP contribution in [0.5, 0.6) is 5.75 Å². The molecule has 0 amide bonds. The number of benzene rings is 1. The summed E-state index contributed by atoms with van der Waals surface area (Å²) in [6.07, 6.45) is 5.13. The lowest BCUT2D eigenvalue weighted by atomic mass is 10.1. The first-order valence-electron chi connectivity index (χ1n) is 5.65. The van der Waals surface area contributed by atoms with Gasteiger partial charge in [-0.25, -0.2) is 0 Å². The van der Waals surface area contributed by atoms with E-state index in [1.165, 1.54) is 0 Å². The van der Waals surface area contributed by atoms with Gasteiger partial charge < -0.3 is 9.30 Å². The van der Waals surface area contributed by atoms with Crippen molar-refractivity contribution in [2.75, 3.05) is 6.61 Å². The summed E-state index contributed by atoms with van der Waals surface area (Å²) in [6, 6.07) is 11.1. The van der Waals surface area contributed by atoms with Crippen LogP contribution in [0.4, 0.5) is 0 Å². The van der Waals surface area contributed by atoms with Gasteiger partial charge in [0.15, 0.2) is 0 Å². The molecule has 0 unspecified atom stereocenters. The first kappa shape index (κ1) is 13.4. The normalized spacial score (nSPS) is 9.95. The Morgan fingerprint density at radius 1 is 1.26 bits per heavy atom. The summed E-state index contributed by atoms with van der Waals surface area (Å²) < 4.78 is 7.45. The highest BCUT2D eigenvalue weighted by molar-refractivity contribution is 9.10. The second-order valence-corrected chi connectivity index (χ2v) is 4.80. The topological polar surface area (TPSA) is 31.2 Å². The minimum atomic E-state index is -0.0647. The SMILES string of the molecule is C#CCOc1ccc(-c2ccc(Br)c(=O)n2C)cc1. The summed E-state index contributed by atoms with van der Waals surface area (Å²) in [5.41, 5.74) is 1.72. The number of halogens is 1. The van der Waals surface area contributed by atoms with E-state index in [9.17, 15) is 4.79 Å². The fourth-order valence-corrected chi connectivity index (χ4v) is 2.14. The molecule has 0 saturated heterocycles. The molecule has 19 heavy (non-hydrogen) atoms. The summed E-state index contributed by atoms with van der Waals surface area (Å²) in [4.78, 5) is 11.8. The summed E-state index contributed by atoms with van der Waals surface area (Å²) in [5.74, 6) is 3.12. The van der Waals surface area contributed by atoms with Crippen LogP contribution in [-0.2, 0) is 7.05 Å². The van der Waals surface area contributed by atoms with Crippen LogP contribution >= 0.6 is 15.9 Å². The Kier molecular flexibility index (Phi) is 4.08. The number of terminal acetylenes is 1. The van der Waals surface area contributed by atoms with Gasteiger partial charge in [0.05, 0.1) is 10.2 Å². The Balaban J connectivity index is 2.36. The van der Waals surface area contributed by atoms with Crippen LogP contribution in [0.2, 0.25) is 0 Å². The fraction of sp³-hybridized carbons (Fsp3) is 0.133. The molecule has 0 radical (unpaired) electrons. The van der Waals surface area contributed by atoms with E-state index in [2.05, 4.69) is 21.9 Å². The van der Waals surface area contributed by atoms with Crippen molar-refractivity contribution >= 4 is 15.9 Å². The smallest absolute Gasteiger partial charge is 0.265 e. The Morgan fingerprint density at radius 3 is 2.58 bits per heavy atom. The lowest BCUT2D eigenvalue weighted by molar-refractivity contribution is 0.370. The van der Waals surface area contributed by atoms with Crippen LogP contribution in [0.25, 0.3) is 11.3 Å². The van der Waals surface area contributed by atoms with Crippen molar-refractivity contribution < 1.29 is 4.74 Å². The molecule has 0 aliphatic rings. The third-order valence-corrected chi connectivity index (χ3v) is 3.33. The number of aromatic nitrogens is 1. The van der Waals surface area contributed by atoms with Crippen molar-refractivity contribution in [1.29, 1.82) is 0 Å². The van der Waals surface area contributed by atoms with Gasteiger partial charge in [0.25, 0.3) is 5.56 Å². The average Bonchev–Trinajstić information content (AvgIpc) is 2.44. The minimum absolute atomic E-state index is 0.0647. The van der Waals surface area contributed by atoms with Crippen LogP contribution < -0.4 is 10.3 Å². The lowest BCUT2D eigenvalue weighted by Gasteiger charge is -2.09. The zero-order valence-corrected chi connectivity index (χ0v) is 12.0. The second-order valence-electron chi connectivity index (χ2n) is 3.95. The first-order valence-corrected chi connectivity index (χ1v) is 6.45. The number of hydrogen-bond acceptors (Lipinski definition) is 2. The van der Waals surface area contributed by atoms with Gasteiger partial charge >= 0.3 is 0 Å². The molecule has 0 spiro atoms. The molecule has 0 saturated carbocycles. The molecule has 0 atom stereocenters. The molecule has 2 rings (SSSR count). The molecule has 1 heterocycles. The highest BCUT2D eigenvalue weighted by Gasteiger charge is 2.06. The average molecular weight is 318 g/mol. The van der Waals surface area contributed by atoms with Gasteiger partial charge in [0.1, 0.15) is 12.4 Å². The number of ether oxygens (including phenoxy) is 1. The van der Waals surface area contributed by atoms with Crippen LogP contribution in [-0.4, -0.2) is 11.2 Å². The standard InChI is InChI=1S/C15H12BrNO2/c1-3-10-19-12-6-4-11(5-7-12)14-9-8-13(16)15(18)17(14)2/h1,4-9H,10H2,2H3. The lowest BCUT2D eigenvalue weighted by Crippen LogP contribution is -2.18. The molecule has 1 aromatic heterocycles. The van der Waals surface area contributed by atoms with Gasteiger partial charge in [-0.2, -0.15) is 0 Å². The zero-order valence-electron chi connectivity index (χ0n) is 10.4. The zero-order chi connectivity index (χ0) is 13.8. The third kappa shape index (κ3) is 2.88. The molecular weight excluding hydrogens is 306 g/mol. The van der Waals surface area contributed by atoms with Gasteiger partial charge in [0.2, 0.25) is 0 Å². The van der Waals surface area contributed by atoms with Crippen molar-refractivity contribution in [1.82, 2.24) is 4.57 Å². The Bertz CT molecular complexity index is 681. The largest absolute Gasteiger partial charge is 0.481 e. The van der Waals surface area contributed by atoms with E-state index in [0.717, 1.165) is 11.3 Å². The molecule has 0 aliphatic heterocycles. The molecule has 4 heteroatoms. The molecule has 2 aromatic rings. The first-order chi connectivity index (χ1) is 9.13. The molecule has 0 N–H and O–H groups in total. The molecule has 0 fully saturated rings. The van der Waals surface area contributed by atoms with E-state index >= 15 is 0 Å². The number of hydrogen-bond donors (Lipinski definition) is 0. The molecule has 96 valence electrons. The maximum atomic E-state index is 11.8.